The Labute approximate surface area is 102 Å². The normalized spacial score (nSPS) is 14.3. The third kappa shape index (κ3) is 3.73. The van der Waals surface area contributed by atoms with Gasteiger partial charge in [0.05, 0.1) is 0 Å². The molecule has 2 atom stereocenters. The monoisotopic (exact) mass is 261 g/mol. The molecule has 0 heterocycles. The number of aliphatic carboxylic acids is 1. The van der Waals surface area contributed by atoms with Gasteiger partial charge >= 0.3 is 5.97 Å². The zero-order valence-electron chi connectivity index (χ0n) is 9.79. The van der Waals surface area contributed by atoms with Crippen LogP contribution in [-0.4, -0.2) is 11.1 Å². The molecular weight excluding hydrogens is 247 g/mol. The summed E-state index contributed by atoms with van der Waals surface area (Å²) in [7, 11) is 0. The molecule has 0 aromatic heterocycles. The zero-order chi connectivity index (χ0) is 13.9. The standard InChI is InChI=1S/C12H14F3NO2/c1-6(3-12(17)18)2-11(16)7-4-9(14)10(15)5-8(7)13/h4-6,11H,2-3,16H2,1H3,(H,17,18). The third-order valence-corrected chi connectivity index (χ3v) is 2.62. The highest BCUT2D eigenvalue weighted by molar-refractivity contribution is 5.66. The lowest BCUT2D eigenvalue weighted by atomic mass is 9.94. The van der Waals surface area contributed by atoms with E-state index in [9.17, 15) is 18.0 Å². The Morgan fingerprint density at radius 3 is 2.39 bits per heavy atom. The predicted molar refractivity (Wildman–Crippen MR) is 59.3 cm³/mol. The van der Waals surface area contributed by atoms with Crippen LogP contribution in [0, 0.1) is 23.4 Å². The smallest absolute Gasteiger partial charge is 0.303 e. The molecule has 0 saturated carbocycles. The van der Waals surface area contributed by atoms with E-state index in [1.54, 1.807) is 6.92 Å². The van der Waals surface area contributed by atoms with Gasteiger partial charge in [-0.2, -0.15) is 0 Å². The highest BCUT2D eigenvalue weighted by atomic mass is 19.2. The third-order valence-electron chi connectivity index (χ3n) is 2.62. The molecule has 0 amide bonds. The lowest BCUT2D eigenvalue weighted by Crippen LogP contribution is -2.17. The van der Waals surface area contributed by atoms with Crippen LogP contribution in [-0.2, 0) is 4.79 Å². The lowest BCUT2D eigenvalue weighted by molar-refractivity contribution is -0.138. The fraction of sp³-hybridized carbons (Fsp3) is 0.417. The molecule has 0 radical (unpaired) electrons. The Kier molecular flexibility index (Phi) is 4.72. The number of halogens is 3. The summed E-state index contributed by atoms with van der Waals surface area (Å²) in [5.74, 6) is -4.65. The molecule has 0 spiro atoms. The molecule has 0 aliphatic heterocycles. The van der Waals surface area contributed by atoms with E-state index in [4.69, 9.17) is 10.8 Å². The van der Waals surface area contributed by atoms with E-state index >= 15 is 0 Å². The van der Waals surface area contributed by atoms with Crippen molar-refractivity contribution in [2.45, 2.75) is 25.8 Å². The zero-order valence-corrected chi connectivity index (χ0v) is 9.79. The van der Waals surface area contributed by atoms with Crippen molar-refractivity contribution in [2.24, 2.45) is 11.7 Å². The number of rotatable bonds is 5. The van der Waals surface area contributed by atoms with Gasteiger partial charge in [0.15, 0.2) is 11.6 Å². The SMILES string of the molecule is CC(CC(=O)O)CC(N)c1cc(F)c(F)cc1F. The molecule has 1 aromatic carbocycles. The maximum absolute atomic E-state index is 13.4. The number of carboxylic acids is 1. The van der Waals surface area contributed by atoms with Crippen LogP contribution in [0.3, 0.4) is 0 Å². The van der Waals surface area contributed by atoms with Crippen LogP contribution in [0.25, 0.3) is 0 Å². The highest BCUT2D eigenvalue weighted by Crippen LogP contribution is 2.25. The molecule has 0 aliphatic carbocycles. The summed E-state index contributed by atoms with van der Waals surface area (Å²) in [6.45, 7) is 1.64. The summed E-state index contributed by atoms with van der Waals surface area (Å²) < 4.78 is 39.1. The van der Waals surface area contributed by atoms with Gasteiger partial charge in [0.1, 0.15) is 5.82 Å². The van der Waals surface area contributed by atoms with Crippen LogP contribution in [0.4, 0.5) is 13.2 Å². The van der Waals surface area contributed by atoms with Crippen molar-refractivity contribution >= 4 is 5.97 Å². The minimum Gasteiger partial charge on any atom is -0.481 e. The maximum atomic E-state index is 13.4. The van der Waals surface area contributed by atoms with Crippen molar-refractivity contribution in [3.05, 3.63) is 35.1 Å². The number of carboxylic acid groups (broad SMARTS) is 1. The summed E-state index contributed by atoms with van der Waals surface area (Å²) in [5.41, 5.74) is 5.52. The Morgan fingerprint density at radius 1 is 1.28 bits per heavy atom. The highest BCUT2D eigenvalue weighted by Gasteiger charge is 2.19. The quantitative estimate of drug-likeness (QED) is 0.801. The number of nitrogens with two attached hydrogens (primary N) is 1. The summed E-state index contributed by atoms with van der Waals surface area (Å²) >= 11 is 0. The molecule has 2 unspecified atom stereocenters. The van der Waals surface area contributed by atoms with Gasteiger partial charge in [0.2, 0.25) is 0 Å². The minimum absolute atomic E-state index is 0.112. The first-order chi connectivity index (χ1) is 8.31. The Hall–Kier alpha value is -1.56. The first-order valence-corrected chi connectivity index (χ1v) is 5.43. The molecule has 0 fully saturated rings. The first kappa shape index (κ1) is 14.5. The van der Waals surface area contributed by atoms with Crippen molar-refractivity contribution < 1.29 is 23.1 Å². The van der Waals surface area contributed by atoms with Gasteiger partial charge in [0, 0.05) is 24.1 Å². The van der Waals surface area contributed by atoms with E-state index in [2.05, 4.69) is 0 Å². The second-order valence-corrected chi connectivity index (χ2v) is 4.33. The molecule has 1 aromatic rings. The molecule has 0 saturated heterocycles. The van der Waals surface area contributed by atoms with Crippen molar-refractivity contribution in [1.29, 1.82) is 0 Å². The molecule has 3 nitrogen and oxygen atoms in total. The van der Waals surface area contributed by atoms with E-state index in [1.165, 1.54) is 0 Å². The van der Waals surface area contributed by atoms with Gasteiger partial charge in [-0.3, -0.25) is 4.79 Å². The van der Waals surface area contributed by atoms with Crippen LogP contribution in [0.5, 0.6) is 0 Å². The van der Waals surface area contributed by atoms with E-state index in [-0.39, 0.29) is 24.3 Å². The number of benzene rings is 1. The fourth-order valence-corrected chi connectivity index (χ4v) is 1.76. The summed E-state index contributed by atoms with van der Waals surface area (Å²) in [6.07, 6.45) is 0.0628. The van der Waals surface area contributed by atoms with Crippen LogP contribution >= 0.6 is 0 Å². The molecular formula is C12H14F3NO2. The maximum Gasteiger partial charge on any atom is 0.303 e. The van der Waals surface area contributed by atoms with Crippen molar-refractivity contribution in [3.63, 3.8) is 0 Å². The van der Waals surface area contributed by atoms with Crippen LogP contribution in [0.2, 0.25) is 0 Å². The number of hydrogen-bond acceptors (Lipinski definition) is 2. The molecule has 3 N–H and O–H groups in total. The number of carbonyl (C=O) groups is 1. The van der Waals surface area contributed by atoms with Crippen molar-refractivity contribution in [1.82, 2.24) is 0 Å². The second kappa shape index (κ2) is 5.86. The Balaban J connectivity index is 2.81. The number of hydrogen-bond donors (Lipinski definition) is 2. The largest absolute Gasteiger partial charge is 0.481 e. The molecule has 18 heavy (non-hydrogen) atoms. The van der Waals surface area contributed by atoms with E-state index in [0.29, 0.717) is 12.1 Å². The fourth-order valence-electron chi connectivity index (χ4n) is 1.76. The van der Waals surface area contributed by atoms with E-state index in [1.807, 2.05) is 0 Å². The second-order valence-electron chi connectivity index (χ2n) is 4.33. The summed E-state index contributed by atoms with van der Waals surface area (Å²) in [4.78, 5) is 10.5. The minimum atomic E-state index is -1.28. The molecule has 0 bridgehead atoms. The van der Waals surface area contributed by atoms with Crippen LogP contribution in [0.15, 0.2) is 12.1 Å². The first-order valence-electron chi connectivity index (χ1n) is 5.43. The van der Waals surface area contributed by atoms with Crippen molar-refractivity contribution in [3.8, 4) is 0 Å². The summed E-state index contributed by atoms with van der Waals surface area (Å²) in [6, 6.07) is 0.282. The molecule has 100 valence electrons. The molecule has 1 rings (SSSR count). The van der Waals surface area contributed by atoms with Crippen LogP contribution < -0.4 is 5.73 Å². The Morgan fingerprint density at radius 2 is 1.83 bits per heavy atom. The van der Waals surface area contributed by atoms with Gasteiger partial charge in [-0.1, -0.05) is 6.92 Å². The van der Waals surface area contributed by atoms with Gasteiger partial charge in [-0.25, -0.2) is 13.2 Å². The molecule has 6 heteroatoms. The van der Waals surface area contributed by atoms with Crippen molar-refractivity contribution in [2.75, 3.05) is 0 Å². The lowest BCUT2D eigenvalue weighted by Gasteiger charge is -2.17. The van der Waals surface area contributed by atoms with Crippen LogP contribution in [0.1, 0.15) is 31.4 Å². The topological polar surface area (TPSA) is 63.3 Å². The molecule has 0 aliphatic rings. The van der Waals surface area contributed by atoms with E-state index < -0.39 is 29.5 Å². The van der Waals surface area contributed by atoms with Gasteiger partial charge < -0.3 is 10.8 Å². The van der Waals surface area contributed by atoms with Gasteiger partial charge in [0.25, 0.3) is 0 Å². The van der Waals surface area contributed by atoms with Gasteiger partial charge in [-0.05, 0) is 18.4 Å². The van der Waals surface area contributed by atoms with Gasteiger partial charge in [-0.15, -0.1) is 0 Å². The van der Waals surface area contributed by atoms with E-state index in [0.717, 1.165) is 0 Å². The summed E-state index contributed by atoms with van der Waals surface area (Å²) in [5, 5.41) is 8.58. The average Bonchev–Trinajstić information content (AvgIpc) is 2.21. The predicted octanol–water partition coefficient (Wildman–Crippen LogP) is 2.60. The average molecular weight is 261 g/mol. The Bertz CT molecular complexity index is 451.